The van der Waals surface area contributed by atoms with Gasteiger partial charge in [0.05, 0.1) is 5.02 Å². The van der Waals surface area contributed by atoms with Gasteiger partial charge in [0.25, 0.3) is 5.91 Å². The molecule has 0 radical (unpaired) electrons. The second kappa shape index (κ2) is 10.2. The summed E-state index contributed by atoms with van der Waals surface area (Å²) in [5, 5.41) is 1.43. The molecular formula is C28H30ClN3O2S. The summed E-state index contributed by atoms with van der Waals surface area (Å²) in [6, 6.07) is 16.3. The molecule has 2 aromatic carbocycles. The van der Waals surface area contributed by atoms with Crippen molar-refractivity contribution in [2.24, 2.45) is 0 Å². The van der Waals surface area contributed by atoms with E-state index in [2.05, 4.69) is 14.9 Å². The Morgan fingerprint density at radius 3 is 2.31 bits per heavy atom. The number of thioether (sulfide) groups is 1. The molecule has 3 aromatic rings. The summed E-state index contributed by atoms with van der Waals surface area (Å²) in [5.41, 5.74) is 4.99. The second-order valence-corrected chi connectivity index (χ2v) is 11.0. The molecule has 7 heteroatoms. The maximum atomic E-state index is 13.4. The van der Waals surface area contributed by atoms with Crippen LogP contribution in [0, 0.1) is 20.8 Å². The SMILES string of the molecule is Cc1ccc(Cl)c(OC2CC3CCC(C2)N3C(=O)c2ccc(CSc3nc(C)cc(C)n3)cc2)c1. The number of nitrogens with zero attached hydrogens (tertiary/aromatic N) is 3. The van der Waals surface area contributed by atoms with E-state index in [4.69, 9.17) is 16.3 Å². The average Bonchev–Trinajstić information content (AvgIpc) is 3.09. The predicted molar refractivity (Wildman–Crippen MR) is 140 cm³/mol. The van der Waals surface area contributed by atoms with Crippen LogP contribution in [0.5, 0.6) is 5.75 Å². The molecule has 1 aromatic heterocycles. The maximum absolute atomic E-state index is 13.4. The van der Waals surface area contributed by atoms with Crippen LogP contribution < -0.4 is 4.74 Å². The van der Waals surface area contributed by atoms with E-state index in [1.165, 1.54) is 0 Å². The van der Waals surface area contributed by atoms with E-state index in [0.29, 0.717) is 5.02 Å². The lowest BCUT2D eigenvalue weighted by Crippen LogP contribution is -2.49. The van der Waals surface area contributed by atoms with E-state index < -0.39 is 0 Å². The largest absolute Gasteiger partial charge is 0.489 e. The van der Waals surface area contributed by atoms with Gasteiger partial charge in [0.1, 0.15) is 11.9 Å². The fourth-order valence-corrected chi connectivity index (χ4v) is 6.30. The lowest BCUT2D eigenvalue weighted by atomic mass is 9.98. The predicted octanol–water partition coefficient (Wildman–Crippen LogP) is 6.56. The molecule has 2 bridgehead atoms. The summed E-state index contributed by atoms with van der Waals surface area (Å²) in [7, 11) is 0. The number of aryl methyl sites for hydroxylation is 3. The van der Waals surface area contributed by atoms with Crippen molar-refractivity contribution in [1.29, 1.82) is 0 Å². The van der Waals surface area contributed by atoms with Gasteiger partial charge in [0.15, 0.2) is 5.16 Å². The van der Waals surface area contributed by atoms with E-state index in [1.807, 2.05) is 69.3 Å². The Bertz CT molecular complexity index is 1200. The van der Waals surface area contributed by atoms with Crippen molar-refractivity contribution >= 4 is 29.3 Å². The molecule has 1 amide bonds. The summed E-state index contributed by atoms with van der Waals surface area (Å²) in [5.74, 6) is 1.64. The molecule has 0 aliphatic carbocycles. The van der Waals surface area contributed by atoms with Gasteiger partial charge in [0.2, 0.25) is 0 Å². The number of piperidine rings is 1. The number of fused-ring (bicyclic) bond motifs is 2. The molecule has 2 aliphatic heterocycles. The van der Waals surface area contributed by atoms with Crippen LogP contribution in [-0.2, 0) is 5.75 Å². The lowest BCUT2D eigenvalue weighted by Gasteiger charge is -2.39. The standard InChI is InChI=1S/C28H30ClN3O2S/c1-17-4-11-25(29)26(12-17)34-24-14-22-9-10-23(15-24)32(22)27(33)21-7-5-20(6-8-21)16-35-28-30-18(2)13-19(3)31-28/h4-8,11-13,22-24H,9-10,14-16H2,1-3H3. The Kier molecular flexibility index (Phi) is 7.03. The molecule has 5 nitrogen and oxygen atoms in total. The van der Waals surface area contributed by atoms with Crippen LogP contribution in [-0.4, -0.2) is 39.0 Å². The van der Waals surface area contributed by atoms with Crippen LogP contribution in [0.4, 0.5) is 0 Å². The Hall–Kier alpha value is -2.57. The van der Waals surface area contributed by atoms with Crippen LogP contribution >= 0.6 is 23.4 Å². The minimum absolute atomic E-state index is 0.0859. The van der Waals surface area contributed by atoms with Gasteiger partial charge in [-0.1, -0.05) is 41.6 Å². The number of rotatable bonds is 6. The average molecular weight is 508 g/mol. The highest BCUT2D eigenvalue weighted by atomic mass is 35.5. The zero-order valence-corrected chi connectivity index (χ0v) is 21.9. The van der Waals surface area contributed by atoms with Gasteiger partial charge < -0.3 is 9.64 Å². The minimum Gasteiger partial charge on any atom is -0.489 e. The third-order valence-corrected chi connectivity index (χ3v) is 8.07. The van der Waals surface area contributed by atoms with E-state index in [1.54, 1.807) is 11.8 Å². The highest BCUT2D eigenvalue weighted by Crippen LogP contribution is 2.39. The van der Waals surface area contributed by atoms with Gasteiger partial charge in [-0.3, -0.25) is 4.79 Å². The molecule has 0 saturated carbocycles. The number of hydrogen-bond acceptors (Lipinski definition) is 5. The fourth-order valence-electron chi connectivity index (χ4n) is 5.23. The summed E-state index contributed by atoms with van der Waals surface area (Å²) in [4.78, 5) is 24.5. The smallest absolute Gasteiger partial charge is 0.254 e. The summed E-state index contributed by atoms with van der Waals surface area (Å²) in [6.45, 7) is 6.01. The third-order valence-electron chi connectivity index (χ3n) is 6.84. The summed E-state index contributed by atoms with van der Waals surface area (Å²) in [6.07, 6.45) is 3.84. The third kappa shape index (κ3) is 5.49. The van der Waals surface area contributed by atoms with E-state index in [0.717, 1.165) is 70.4 Å². The quantitative estimate of drug-likeness (QED) is 0.279. The molecule has 3 heterocycles. The summed E-state index contributed by atoms with van der Waals surface area (Å²) < 4.78 is 6.29. The van der Waals surface area contributed by atoms with Crippen LogP contribution in [0.3, 0.4) is 0 Å². The summed E-state index contributed by atoms with van der Waals surface area (Å²) >= 11 is 7.97. The van der Waals surface area contributed by atoms with Gasteiger partial charge in [-0.25, -0.2) is 9.97 Å². The number of carbonyl (C=O) groups is 1. The number of amides is 1. The van der Waals surface area contributed by atoms with Crippen LogP contribution in [0.25, 0.3) is 0 Å². The van der Waals surface area contributed by atoms with Crippen LogP contribution in [0.1, 0.15) is 58.6 Å². The Morgan fingerprint density at radius 1 is 1.00 bits per heavy atom. The first-order valence-corrected chi connectivity index (χ1v) is 13.5. The van der Waals surface area contributed by atoms with Crippen molar-refractivity contribution in [1.82, 2.24) is 14.9 Å². The number of aromatic nitrogens is 2. The first kappa shape index (κ1) is 24.1. The van der Waals surface area contributed by atoms with Crippen LogP contribution in [0.2, 0.25) is 5.02 Å². The molecule has 2 unspecified atom stereocenters. The van der Waals surface area contributed by atoms with Crippen molar-refractivity contribution < 1.29 is 9.53 Å². The monoisotopic (exact) mass is 507 g/mol. The first-order valence-electron chi connectivity index (χ1n) is 12.1. The molecule has 2 fully saturated rings. The van der Waals surface area contributed by atoms with Crippen molar-refractivity contribution in [3.05, 3.63) is 81.6 Å². The zero-order valence-electron chi connectivity index (χ0n) is 20.3. The van der Waals surface area contributed by atoms with Crippen molar-refractivity contribution in [2.45, 2.75) is 75.6 Å². The normalized spacial score (nSPS) is 21.3. The first-order chi connectivity index (χ1) is 16.9. The van der Waals surface area contributed by atoms with E-state index in [9.17, 15) is 4.79 Å². The molecule has 5 rings (SSSR count). The van der Waals surface area contributed by atoms with E-state index >= 15 is 0 Å². The van der Waals surface area contributed by atoms with Crippen molar-refractivity contribution in [2.75, 3.05) is 0 Å². The topological polar surface area (TPSA) is 55.3 Å². The lowest BCUT2D eigenvalue weighted by molar-refractivity contribution is 0.0359. The Labute approximate surface area is 216 Å². The number of hydrogen-bond donors (Lipinski definition) is 0. The number of benzene rings is 2. The highest BCUT2D eigenvalue weighted by molar-refractivity contribution is 7.98. The Morgan fingerprint density at radius 2 is 1.66 bits per heavy atom. The molecule has 0 spiro atoms. The van der Waals surface area contributed by atoms with Crippen molar-refractivity contribution in [3.63, 3.8) is 0 Å². The van der Waals surface area contributed by atoms with Gasteiger partial charge in [-0.05, 0) is 75.1 Å². The second-order valence-electron chi connectivity index (χ2n) is 9.66. The van der Waals surface area contributed by atoms with Crippen LogP contribution in [0.15, 0.2) is 53.7 Å². The van der Waals surface area contributed by atoms with E-state index in [-0.39, 0.29) is 24.1 Å². The van der Waals surface area contributed by atoms with Crippen molar-refractivity contribution in [3.8, 4) is 5.75 Å². The molecule has 182 valence electrons. The number of ether oxygens (including phenoxy) is 1. The van der Waals surface area contributed by atoms with Gasteiger partial charge in [0, 0.05) is 47.6 Å². The zero-order chi connectivity index (χ0) is 24.5. The highest BCUT2D eigenvalue weighted by Gasteiger charge is 2.44. The molecule has 2 atom stereocenters. The fraction of sp³-hybridized carbons (Fsp3) is 0.393. The minimum atomic E-state index is 0.0859. The molecule has 0 N–H and O–H groups in total. The molecule has 2 saturated heterocycles. The van der Waals surface area contributed by atoms with Gasteiger partial charge >= 0.3 is 0 Å². The molecule has 2 aliphatic rings. The Balaban J connectivity index is 1.21. The number of halogens is 1. The van der Waals surface area contributed by atoms with Gasteiger partial charge in [-0.2, -0.15) is 0 Å². The van der Waals surface area contributed by atoms with Gasteiger partial charge in [-0.15, -0.1) is 0 Å². The molecule has 35 heavy (non-hydrogen) atoms. The molecular weight excluding hydrogens is 478 g/mol. The maximum Gasteiger partial charge on any atom is 0.254 e. The number of carbonyl (C=O) groups excluding carboxylic acids is 1.